The highest BCUT2D eigenvalue weighted by Gasteiger charge is 2.21. The zero-order valence-electron chi connectivity index (χ0n) is 23.1. The zero-order chi connectivity index (χ0) is 27.7. The van der Waals surface area contributed by atoms with E-state index in [1.807, 2.05) is 42.5 Å². The number of nitrogens with two attached hydrogens (primary N) is 1. The summed E-state index contributed by atoms with van der Waals surface area (Å²) in [6.45, 7) is 2.14. The second-order valence-electron chi connectivity index (χ2n) is 10.5. The van der Waals surface area contributed by atoms with E-state index >= 15 is 0 Å². The van der Waals surface area contributed by atoms with Crippen LogP contribution < -0.4 is 11.1 Å². The van der Waals surface area contributed by atoms with E-state index in [1.54, 1.807) is 12.3 Å². The molecule has 204 valence electrons. The number of nitrogens with zero attached hydrogens (tertiary/aromatic N) is 2. The first-order chi connectivity index (χ1) is 19.6. The highest BCUT2D eigenvalue weighted by atomic mass is 16.1. The fourth-order valence-corrected chi connectivity index (χ4v) is 5.14. The molecule has 2 aromatic carbocycles. The van der Waals surface area contributed by atoms with Crippen LogP contribution in [0.2, 0.25) is 0 Å². The van der Waals surface area contributed by atoms with Crippen LogP contribution in [0.3, 0.4) is 0 Å². The molecule has 1 fully saturated rings. The first kappa shape index (κ1) is 27.1. The van der Waals surface area contributed by atoms with Gasteiger partial charge in [0.1, 0.15) is 0 Å². The van der Waals surface area contributed by atoms with Gasteiger partial charge in [0.05, 0.1) is 17.1 Å². The van der Waals surface area contributed by atoms with Crippen molar-refractivity contribution in [3.05, 3.63) is 108 Å². The average Bonchev–Trinajstić information content (AvgIpc) is 3.41. The summed E-state index contributed by atoms with van der Waals surface area (Å²) in [7, 11) is 0. The summed E-state index contributed by atoms with van der Waals surface area (Å²) in [5, 5.41) is 4.24. The lowest BCUT2D eigenvalue weighted by molar-refractivity contribution is 0.0949. The molecule has 1 aliphatic carbocycles. The molecule has 1 saturated carbocycles. The molecular formula is C34H37N5O. The fraction of sp³-hybridized carbons (Fsp3) is 0.265. The van der Waals surface area contributed by atoms with Gasteiger partial charge in [-0.1, -0.05) is 67.5 Å². The number of carbonyl (C=O) groups excluding carboxylic acids is 1. The molecule has 6 nitrogen and oxygen atoms in total. The summed E-state index contributed by atoms with van der Waals surface area (Å²) in [6.07, 6.45) is 16.9. The van der Waals surface area contributed by atoms with E-state index < -0.39 is 0 Å². The van der Waals surface area contributed by atoms with Gasteiger partial charge < -0.3 is 16.0 Å². The Morgan fingerprint density at radius 3 is 2.73 bits per heavy atom. The molecule has 0 amide bonds. The third-order valence-electron chi connectivity index (χ3n) is 7.39. The number of Topliss-reactive ketones (excluding diaryl/α,β-unsaturated/α-hetero) is 1. The Bertz CT molecular complexity index is 1540. The van der Waals surface area contributed by atoms with Crippen molar-refractivity contribution in [3.63, 3.8) is 0 Å². The first-order valence-electron chi connectivity index (χ1n) is 14.2. The molecule has 0 aliphatic heterocycles. The Kier molecular flexibility index (Phi) is 8.86. The molecular weight excluding hydrogens is 494 g/mol. The topological polar surface area (TPSA) is 96.7 Å². The van der Waals surface area contributed by atoms with Gasteiger partial charge in [0.2, 0.25) is 5.95 Å². The number of carbonyl (C=O) groups is 1. The van der Waals surface area contributed by atoms with Gasteiger partial charge in [-0.2, -0.15) is 0 Å². The van der Waals surface area contributed by atoms with Crippen LogP contribution in [0, 0.1) is 5.92 Å². The lowest BCUT2D eigenvalue weighted by Gasteiger charge is -2.23. The van der Waals surface area contributed by atoms with Crippen LogP contribution in [0.25, 0.3) is 22.7 Å². The number of unbranched alkanes of at least 4 members (excludes halogenated alkanes) is 1. The minimum atomic E-state index is 0.178. The Hall–Kier alpha value is -4.45. The normalized spacial score (nSPS) is 16.0. The zero-order valence-corrected chi connectivity index (χ0v) is 23.1. The number of aromatic nitrogens is 3. The van der Waals surface area contributed by atoms with Crippen molar-refractivity contribution in [2.45, 2.75) is 51.9 Å². The smallest absolute Gasteiger partial charge is 0.227 e. The summed E-state index contributed by atoms with van der Waals surface area (Å²) >= 11 is 0. The van der Waals surface area contributed by atoms with E-state index in [2.05, 4.69) is 63.6 Å². The molecule has 2 heterocycles. The van der Waals surface area contributed by atoms with E-state index in [0.717, 1.165) is 55.1 Å². The third-order valence-corrected chi connectivity index (χ3v) is 7.39. The van der Waals surface area contributed by atoms with Crippen molar-refractivity contribution in [2.75, 3.05) is 5.32 Å². The quantitative estimate of drug-likeness (QED) is 0.142. The number of rotatable bonds is 10. The molecule has 40 heavy (non-hydrogen) atoms. The van der Waals surface area contributed by atoms with E-state index in [4.69, 9.17) is 5.73 Å². The van der Waals surface area contributed by atoms with Crippen molar-refractivity contribution in [3.8, 4) is 0 Å². The molecule has 1 aliphatic rings. The second-order valence-corrected chi connectivity index (χ2v) is 10.5. The molecule has 6 heteroatoms. The Labute approximate surface area is 236 Å². The summed E-state index contributed by atoms with van der Waals surface area (Å²) in [4.78, 5) is 25.4. The molecule has 0 radical (unpaired) electrons. The minimum absolute atomic E-state index is 0.178. The Morgan fingerprint density at radius 1 is 1.10 bits per heavy atom. The summed E-state index contributed by atoms with van der Waals surface area (Å²) in [5.41, 5.74) is 12.7. The molecule has 0 bridgehead atoms. The van der Waals surface area contributed by atoms with Crippen LogP contribution in [0.15, 0.2) is 90.7 Å². The minimum Gasteiger partial charge on any atom is -0.397 e. The number of hydrogen-bond acceptors (Lipinski definition) is 5. The third kappa shape index (κ3) is 7.14. The highest BCUT2D eigenvalue weighted by molar-refractivity contribution is 6.00. The predicted molar refractivity (Wildman–Crippen MR) is 165 cm³/mol. The van der Waals surface area contributed by atoms with Gasteiger partial charge in [-0.15, -0.1) is 0 Å². The molecule has 5 rings (SSSR count). The highest BCUT2D eigenvalue weighted by Crippen LogP contribution is 2.33. The van der Waals surface area contributed by atoms with Crippen LogP contribution in [0.1, 0.15) is 73.6 Å². The number of benzene rings is 2. The number of ketones is 1. The largest absolute Gasteiger partial charge is 0.397 e. The monoisotopic (exact) mass is 531 g/mol. The number of allylic oxidation sites excluding steroid dienone is 4. The SMILES string of the molecule is CCCC=CC=C(N)c1ccnc(Nc2ccc3[nH]c(C(=O)CC4CCC(=Cc5ccccc5)CC4)cc3c2)n1. The van der Waals surface area contributed by atoms with E-state index in [1.165, 1.54) is 11.1 Å². The number of anilines is 2. The summed E-state index contributed by atoms with van der Waals surface area (Å²) in [5.74, 6) is 1.07. The molecule has 0 atom stereocenters. The Morgan fingerprint density at radius 2 is 1.93 bits per heavy atom. The van der Waals surface area contributed by atoms with Gasteiger partial charge in [0.15, 0.2) is 5.78 Å². The number of aromatic amines is 1. The van der Waals surface area contributed by atoms with Gasteiger partial charge >= 0.3 is 0 Å². The van der Waals surface area contributed by atoms with Gasteiger partial charge in [0, 0.05) is 29.2 Å². The van der Waals surface area contributed by atoms with Crippen LogP contribution in [-0.4, -0.2) is 20.7 Å². The van der Waals surface area contributed by atoms with Crippen molar-refractivity contribution in [2.24, 2.45) is 11.7 Å². The average molecular weight is 532 g/mol. The maximum Gasteiger partial charge on any atom is 0.227 e. The van der Waals surface area contributed by atoms with Crippen LogP contribution in [0.4, 0.5) is 11.6 Å². The lowest BCUT2D eigenvalue weighted by Crippen LogP contribution is -2.13. The van der Waals surface area contributed by atoms with Crippen LogP contribution in [0.5, 0.6) is 0 Å². The second kappa shape index (κ2) is 13.1. The van der Waals surface area contributed by atoms with Crippen molar-refractivity contribution in [1.82, 2.24) is 15.0 Å². The number of hydrogen-bond donors (Lipinski definition) is 3. The predicted octanol–water partition coefficient (Wildman–Crippen LogP) is 8.20. The molecule has 0 spiro atoms. The van der Waals surface area contributed by atoms with Crippen LogP contribution in [-0.2, 0) is 0 Å². The van der Waals surface area contributed by atoms with E-state index in [9.17, 15) is 4.79 Å². The van der Waals surface area contributed by atoms with Crippen molar-refractivity contribution in [1.29, 1.82) is 0 Å². The van der Waals surface area contributed by atoms with Gasteiger partial charge in [-0.05, 0) is 80.0 Å². The van der Waals surface area contributed by atoms with Crippen molar-refractivity contribution >= 4 is 40.1 Å². The maximum atomic E-state index is 13.1. The summed E-state index contributed by atoms with van der Waals surface area (Å²) < 4.78 is 0. The fourth-order valence-electron chi connectivity index (χ4n) is 5.14. The standard InChI is InChI=1S/C34H37N5O/c1-2-3-4-8-11-29(35)31-18-19-36-34(39-31)37-28-16-17-30-27(22-28)23-32(38-30)33(40)21-26-14-12-25(13-15-26)20-24-9-6-5-7-10-24/h4-11,16-20,22-23,26,38H,2-3,12-15,21,35H2,1H3,(H,36,37,39). The Balaban J connectivity index is 1.20. The molecule has 0 unspecified atom stereocenters. The molecule has 4 N–H and O–H groups in total. The molecule has 4 aromatic rings. The maximum absolute atomic E-state index is 13.1. The van der Waals surface area contributed by atoms with Gasteiger partial charge in [0.25, 0.3) is 0 Å². The van der Waals surface area contributed by atoms with Gasteiger partial charge in [-0.25, -0.2) is 9.97 Å². The first-order valence-corrected chi connectivity index (χ1v) is 14.2. The number of nitrogens with one attached hydrogen (secondary N) is 2. The van der Waals surface area contributed by atoms with Gasteiger partial charge in [-0.3, -0.25) is 4.79 Å². The lowest BCUT2D eigenvalue weighted by atomic mass is 9.82. The molecule has 0 saturated heterocycles. The van der Waals surface area contributed by atoms with Crippen molar-refractivity contribution < 1.29 is 4.79 Å². The molecule has 2 aromatic heterocycles. The van der Waals surface area contributed by atoms with Crippen LogP contribution >= 0.6 is 0 Å². The summed E-state index contributed by atoms with van der Waals surface area (Å²) in [6, 6.07) is 20.2. The number of H-pyrrole nitrogens is 1. The van der Waals surface area contributed by atoms with E-state index in [0.29, 0.717) is 35.4 Å². The number of fused-ring (bicyclic) bond motifs is 1. The van der Waals surface area contributed by atoms with E-state index in [-0.39, 0.29) is 5.78 Å².